The summed E-state index contributed by atoms with van der Waals surface area (Å²) in [5.41, 5.74) is 2.42. The van der Waals surface area contributed by atoms with Crippen molar-refractivity contribution in [3.05, 3.63) is 42.2 Å². The van der Waals surface area contributed by atoms with Crippen LogP contribution in [0.15, 0.2) is 17.5 Å². The minimum absolute atomic E-state index is 0.216. The molecule has 0 amide bonds. The largest absolute Gasteiger partial charge is 0.305 e. The van der Waals surface area contributed by atoms with Gasteiger partial charge in [0.2, 0.25) is 0 Å². The zero-order chi connectivity index (χ0) is 12.4. The number of thiophene rings is 2. The van der Waals surface area contributed by atoms with E-state index in [4.69, 9.17) is 23.2 Å². The molecular weight excluding hydrogens is 293 g/mol. The summed E-state index contributed by atoms with van der Waals surface area (Å²) in [6.45, 7) is 5.11. The quantitative estimate of drug-likeness (QED) is 0.811. The smallest absolute Gasteiger partial charge is 0.0991 e. The number of halogens is 2. The van der Waals surface area contributed by atoms with Crippen LogP contribution < -0.4 is 5.32 Å². The first-order chi connectivity index (χ1) is 8.08. The Morgan fingerprint density at radius 3 is 2.71 bits per heavy atom. The van der Waals surface area contributed by atoms with Crippen molar-refractivity contribution in [3.63, 3.8) is 0 Å². The van der Waals surface area contributed by atoms with Gasteiger partial charge in [-0.25, -0.2) is 0 Å². The Balaban J connectivity index is 2.00. The Labute approximate surface area is 119 Å². The summed E-state index contributed by atoms with van der Waals surface area (Å²) in [6, 6.07) is 4.29. The van der Waals surface area contributed by atoms with Gasteiger partial charge in [-0.1, -0.05) is 23.2 Å². The first-order valence-corrected chi connectivity index (χ1v) is 7.74. The van der Waals surface area contributed by atoms with Crippen molar-refractivity contribution in [2.45, 2.75) is 26.4 Å². The average Bonchev–Trinajstić information content (AvgIpc) is 2.81. The summed E-state index contributed by atoms with van der Waals surface area (Å²) in [5, 5.41) is 5.59. The Morgan fingerprint density at radius 2 is 2.18 bits per heavy atom. The molecular formula is C12H13Cl2NS2. The molecule has 0 aliphatic carbocycles. The highest BCUT2D eigenvalue weighted by Crippen LogP contribution is 2.35. The second kappa shape index (κ2) is 5.72. The van der Waals surface area contributed by atoms with E-state index in [0.717, 1.165) is 20.8 Å². The molecule has 0 bridgehead atoms. The molecule has 0 aliphatic heterocycles. The molecule has 0 aliphatic rings. The van der Waals surface area contributed by atoms with E-state index in [1.807, 2.05) is 6.07 Å². The summed E-state index contributed by atoms with van der Waals surface area (Å²) in [6.07, 6.45) is 0. The summed E-state index contributed by atoms with van der Waals surface area (Å²) in [5.74, 6) is 0. The molecule has 2 heterocycles. The third-order valence-electron chi connectivity index (χ3n) is 2.69. The van der Waals surface area contributed by atoms with Gasteiger partial charge in [0, 0.05) is 17.5 Å². The van der Waals surface area contributed by atoms with Crippen LogP contribution >= 0.6 is 45.9 Å². The van der Waals surface area contributed by atoms with Crippen molar-refractivity contribution < 1.29 is 0 Å². The second-order valence-electron chi connectivity index (χ2n) is 3.91. The highest BCUT2D eigenvalue weighted by Gasteiger charge is 2.13. The lowest BCUT2D eigenvalue weighted by Gasteiger charge is -2.12. The van der Waals surface area contributed by atoms with Crippen LogP contribution in [0.25, 0.3) is 0 Å². The SMILES string of the molecule is Cc1ccsc1CNC(C)c1cc(Cl)sc1Cl. The molecule has 2 aromatic rings. The van der Waals surface area contributed by atoms with Gasteiger partial charge in [0.15, 0.2) is 0 Å². The fourth-order valence-electron chi connectivity index (χ4n) is 1.59. The van der Waals surface area contributed by atoms with E-state index in [2.05, 4.69) is 30.6 Å². The summed E-state index contributed by atoms with van der Waals surface area (Å²) < 4.78 is 1.52. The van der Waals surface area contributed by atoms with Crippen LogP contribution in [0.5, 0.6) is 0 Å². The van der Waals surface area contributed by atoms with Crippen LogP contribution in [0, 0.1) is 6.92 Å². The maximum Gasteiger partial charge on any atom is 0.0991 e. The van der Waals surface area contributed by atoms with Crippen molar-refractivity contribution in [2.75, 3.05) is 0 Å². The number of nitrogens with one attached hydrogen (secondary N) is 1. The minimum Gasteiger partial charge on any atom is -0.305 e. The molecule has 0 saturated carbocycles. The van der Waals surface area contributed by atoms with Crippen LogP contribution in [0.4, 0.5) is 0 Å². The van der Waals surface area contributed by atoms with E-state index in [-0.39, 0.29) is 6.04 Å². The number of aryl methyl sites for hydroxylation is 1. The Bertz CT molecular complexity index is 504. The third kappa shape index (κ3) is 3.24. The Hall–Kier alpha value is -0.0600. The molecule has 1 nitrogen and oxygen atoms in total. The molecule has 17 heavy (non-hydrogen) atoms. The fraction of sp³-hybridized carbons (Fsp3) is 0.333. The fourth-order valence-corrected chi connectivity index (χ4v) is 4.09. The van der Waals surface area contributed by atoms with Gasteiger partial charge in [-0.3, -0.25) is 0 Å². The Kier molecular flexibility index (Phi) is 4.50. The van der Waals surface area contributed by atoms with Gasteiger partial charge in [0.1, 0.15) is 0 Å². The predicted molar refractivity (Wildman–Crippen MR) is 78.6 cm³/mol. The first-order valence-electron chi connectivity index (χ1n) is 5.29. The second-order valence-corrected chi connectivity index (χ2v) is 7.20. The molecule has 1 atom stereocenters. The highest BCUT2D eigenvalue weighted by atomic mass is 35.5. The minimum atomic E-state index is 0.216. The maximum absolute atomic E-state index is 6.13. The molecule has 2 rings (SSSR count). The lowest BCUT2D eigenvalue weighted by Crippen LogP contribution is -2.17. The number of rotatable bonds is 4. The van der Waals surface area contributed by atoms with Crippen molar-refractivity contribution in [3.8, 4) is 0 Å². The zero-order valence-corrected chi connectivity index (χ0v) is 12.7. The average molecular weight is 306 g/mol. The summed E-state index contributed by atoms with van der Waals surface area (Å²) in [7, 11) is 0. The molecule has 5 heteroatoms. The molecule has 0 aromatic carbocycles. The topological polar surface area (TPSA) is 12.0 Å². The van der Waals surface area contributed by atoms with Crippen molar-refractivity contribution in [1.29, 1.82) is 0 Å². The third-order valence-corrected chi connectivity index (χ3v) is 5.23. The van der Waals surface area contributed by atoms with Crippen LogP contribution in [0.1, 0.15) is 29.0 Å². The normalized spacial score (nSPS) is 12.9. The lowest BCUT2D eigenvalue weighted by atomic mass is 10.2. The molecule has 0 spiro atoms. The standard InChI is InChI=1S/C12H13Cl2NS2/c1-7-3-4-16-10(7)6-15-8(2)9-5-11(13)17-12(9)14/h3-5,8,15H,6H2,1-2H3. The molecule has 0 saturated heterocycles. The van der Waals surface area contributed by atoms with Crippen LogP contribution in [-0.2, 0) is 6.54 Å². The zero-order valence-electron chi connectivity index (χ0n) is 9.59. The predicted octanol–water partition coefficient (Wildman–Crippen LogP) is 5.28. The van der Waals surface area contributed by atoms with E-state index in [9.17, 15) is 0 Å². The van der Waals surface area contributed by atoms with E-state index in [1.54, 1.807) is 11.3 Å². The van der Waals surface area contributed by atoms with Gasteiger partial charge in [-0.05, 0) is 42.5 Å². The van der Waals surface area contributed by atoms with Gasteiger partial charge in [0.25, 0.3) is 0 Å². The van der Waals surface area contributed by atoms with Gasteiger partial charge >= 0.3 is 0 Å². The van der Waals surface area contributed by atoms with Gasteiger partial charge < -0.3 is 5.32 Å². The van der Waals surface area contributed by atoms with Crippen molar-refractivity contribution in [2.24, 2.45) is 0 Å². The molecule has 0 radical (unpaired) electrons. The molecule has 2 aromatic heterocycles. The maximum atomic E-state index is 6.13. The number of hydrogen-bond donors (Lipinski definition) is 1. The van der Waals surface area contributed by atoms with Crippen LogP contribution in [0.2, 0.25) is 8.67 Å². The van der Waals surface area contributed by atoms with Gasteiger partial charge in [0.05, 0.1) is 8.67 Å². The molecule has 92 valence electrons. The van der Waals surface area contributed by atoms with E-state index < -0.39 is 0 Å². The lowest BCUT2D eigenvalue weighted by molar-refractivity contribution is 0.579. The van der Waals surface area contributed by atoms with E-state index in [0.29, 0.717) is 0 Å². The van der Waals surface area contributed by atoms with Gasteiger partial charge in [-0.2, -0.15) is 0 Å². The highest BCUT2D eigenvalue weighted by molar-refractivity contribution is 7.20. The van der Waals surface area contributed by atoms with Crippen LogP contribution in [-0.4, -0.2) is 0 Å². The molecule has 0 fully saturated rings. The summed E-state index contributed by atoms with van der Waals surface area (Å²) in [4.78, 5) is 1.37. The van der Waals surface area contributed by atoms with E-state index in [1.165, 1.54) is 21.8 Å². The molecule has 1 N–H and O–H groups in total. The Morgan fingerprint density at radius 1 is 1.41 bits per heavy atom. The summed E-state index contributed by atoms with van der Waals surface area (Å²) >= 11 is 15.3. The monoisotopic (exact) mass is 305 g/mol. The van der Waals surface area contributed by atoms with Crippen LogP contribution in [0.3, 0.4) is 0 Å². The van der Waals surface area contributed by atoms with E-state index >= 15 is 0 Å². The number of hydrogen-bond acceptors (Lipinski definition) is 3. The van der Waals surface area contributed by atoms with Gasteiger partial charge in [-0.15, -0.1) is 22.7 Å². The first kappa shape index (κ1) is 13.4. The molecule has 1 unspecified atom stereocenters. The van der Waals surface area contributed by atoms with Crippen molar-refractivity contribution in [1.82, 2.24) is 5.32 Å². The van der Waals surface area contributed by atoms with Crippen molar-refractivity contribution >= 4 is 45.9 Å².